The number of carbonyl (C=O) groups is 1. The zero-order chi connectivity index (χ0) is 19.3. The standard InChI is InChI=1S/C21H27N5OS/c1-17-2-4-18(5-3-17)14-21(27)26-8-6-24(7-9-26)19-15-20(23-16-22-19)25-10-12-28-13-11-25/h2-5,15-16H,6-14H2,1H3. The van der Waals surface area contributed by atoms with E-state index in [1.54, 1.807) is 6.33 Å². The maximum atomic E-state index is 12.6. The van der Waals surface area contributed by atoms with Crippen LogP contribution < -0.4 is 9.80 Å². The van der Waals surface area contributed by atoms with Gasteiger partial charge in [0.2, 0.25) is 5.91 Å². The van der Waals surface area contributed by atoms with E-state index in [0.29, 0.717) is 6.42 Å². The van der Waals surface area contributed by atoms with E-state index in [0.717, 1.165) is 68.0 Å². The van der Waals surface area contributed by atoms with Crippen molar-refractivity contribution >= 4 is 29.3 Å². The lowest BCUT2D eigenvalue weighted by molar-refractivity contribution is -0.130. The molecule has 3 heterocycles. The van der Waals surface area contributed by atoms with Gasteiger partial charge in [0.05, 0.1) is 6.42 Å². The molecule has 0 saturated carbocycles. The lowest BCUT2D eigenvalue weighted by Crippen LogP contribution is -2.49. The molecule has 0 radical (unpaired) electrons. The summed E-state index contributed by atoms with van der Waals surface area (Å²) in [6.45, 7) is 7.26. The Labute approximate surface area is 170 Å². The molecule has 0 aliphatic carbocycles. The number of carbonyl (C=O) groups excluding carboxylic acids is 1. The molecule has 0 bridgehead atoms. The van der Waals surface area contributed by atoms with E-state index in [-0.39, 0.29) is 5.91 Å². The number of aryl methyl sites for hydroxylation is 1. The van der Waals surface area contributed by atoms with Crippen molar-refractivity contribution in [2.24, 2.45) is 0 Å². The van der Waals surface area contributed by atoms with Gasteiger partial charge in [-0.1, -0.05) is 29.8 Å². The highest BCUT2D eigenvalue weighted by atomic mass is 32.2. The smallest absolute Gasteiger partial charge is 0.227 e. The van der Waals surface area contributed by atoms with Gasteiger partial charge < -0.3 is 14.7 Å². The fourth-order valence-electron chi connectivity index (χ4n) is 3.65. The molecule has 0 N–H and O–H groups in total. The zero-order valence-electron chi connectivity index (χ0n) is 16.4. The molecule has 0 spiro atoms. The third-order valence-electron chi connectivity index (χ3n) is 5.41. The van der Waals surface area contributed by atoms with Gasteiger partial charge in [-0.15, -0.1) is 0 Å². The van der Waals surface area contributed by atoms with E-state index in [2.05, 4.69) is 44.9 Å². The van der Waals surface area contributed by atoms with Crippen LogP contribution in [0, 0.1) is 6.92 Å². The Balaban J connectivity index is 1.33. The quantitative estimate of drug-likeness (QED) is 0.789. The van der Waals surface area contributed by atoms with Crippen LogP contribution >= 0.6 is 11.8 Å². The second-order valence-electron chi connectivity index (χ2n) is 7.36. The number of aromatic nitrogens is 2. The summed E-state index contributed by atoms with van der Waals surface area (Å²) in [6, 6.07) is 10.3. The van der Waals surface area contributed by atoms with E-state index in [1.807, 2.05) is 28.8 Å². The SMILES string of the molecule is Cc1ccc(CC(=O)N2CCN(c3cc(N4CCSCC4)ncn3)CC2)cc1. The number of thioether (sulfide) groups is 1. The van der Waals surface area contributed by atoms with E-state index in [4.69, 9.17) is 0 Å². The van der Waals surface area contributed by atoms with Crippen LogP contribution in [0.2, 0.25) is 0 Å². The molecule has 2 fully saturated rings. The van der Waals surface area contributed by atoms with Crippen LogP contribution in [0.3, 0.4) is 0 Å². The number of hydrogen-bond donors (Lipinski definition) is 0. The predicted molar refractivity (Wildman–Crippen MR) is 115 cm³/mol. The van der Waals surface area contributed by atoms with Crippen LogP contribution in [0.4, 0.5) is 11.6 Å². The second-order valence-corrected chi connectivity index (χ2v) is 8.59. The summed E-state index contributed by atoms with van der Waals surface area (Å²) in [5, 5.41) is 0. The van der Waals surface area contributed by atoms with E-state index < -0.39 is 0 Å². The number of piperazine rings is 1. The Hall–Kier alpha value is -2.28. The molecule has 0 unspecified atom stereocenters. The Kier molecular flexibility index (Phi) is 6.00. The zero-order valence-corrected chi connectivity index (χ0v) is 17.2. The van der Waals surface area contributed by atoms with Gasteiger partial charge in [0.25, 0.3) is 0 Å². The van der Waals surface area contributed by atoms with Crippen LogP contribution in [-0.4, -0.2) is 71.5 Å². The van der Waals surface area contributed by atoms with Crippen molar-refractivity contribution in [3.05, 3.63) is 47.8 Å². The maximum Gasteiger partial charge on any atom is 0.227 e. The summed E-state index contributed by atoms with van der Waals surface area (Å²) in [5.41, 5.74) is 2.30. The van der Waals surface area contributed by atoms with Gasteiger partial charge in [-0.2, -0.15) is 11.8 Å². The van der Waals surface area contributed by atoms with Crippen molar-refractivity contribution in [2.45, 2.75) is 13.3 Å². The third kappa shape index (κ3) is 4.58. The Morgan fingerprint density at radius 3 is 2.18 bits per heavy atom. The first-order valence-electron chi connectivity index (χ1n) is 9.92. The largest absolute Gasteiger partial charge is 0.355 e. The summed E-state index contributed by atoms with van der Waals surface area (Å²) in [7, 11) is 0. The third-order valence-corrected chi connectivity index (χ3v) is 6.35. The molecule has 6 nitrogen and oxygen atoms in total. The summed E-state index contributed by atoms with van der Waals surface area (Å²) in [4.78, 5) is 28.2. The minimum absolute atomic E-state index is 0.206. The second kappa shape index (κ2) is 8.82. The molecule has 7 heteroatoms. The van der Waals surface area contributed by atoms with Crippen LogP contribution in [0.15, 0.2) is 36.7 Å². The molecule has 1 aromatic heterocycles. The maximum absolute atomic E-state index is 12.6. The van der Waals surface area contributed by atoms with Crippen molar-refractivity contribution in [3.63, 3.8) is 0 Å². The summed E-state index contributed by atoms with van der Waals surface area (Å²) >= 11 is 2.00. The van der Waals surface area contributed by atoms with Crippen LogP contribution in [0.1, 0.15) is 11.1 Å². The average molecular weight is 398 g/mol. The molecule has 148 valence electrons. The van der Waals surface area contributed by atoms with Crippen LogP contribution in [0.25, 0.3) is 0 Å². The van der Waals surface area contributed by atoms with Gasteiger partial charge >= 0.3 is 0 Å². The summed E-state index contributed by atoms with van der Waals surface area (Å²) in [5.74, 6) is 4.50. The van der Waals surface area contributed by atoms with E-state index in [1.165, 1.54) is 5.56 Å². The van der Waals surface area contributed by atoms with Gasteiger partial charge in [-0.3, -0.25) is 4.79 Å². The molecule has 4 rings (SSSR count). The molecule has 1 aromatic carbocycles. The Morgan fingerprint density at radius 1 is 0.929 bits per heavy atom. The summed E-state index contributed by atoms with van der Waals surface area (Å²) < 4.78 is 0. The number of anilines is 2. The molecule has 2 saturated heterocycles. The number of benzene rings is 1. The van der Waals surface area contributed by atoms with E-state index >= 15 is 0 Å². The van der Waals surface area contributed by atoms with Crippen LogP contribution in [0.5, 0.6) is 0 Å². The molecule has 2 aromatic rings. The number of nitrogens with zero attached hydrogens (tertiary/aromatic N) is 5. The minimum atomic E-state index is 0.206. The molecule has 0 atom stereocenters. The lowest BCUT2D eigenvalue weighted by Gasteiger charge is -2.36. The monoisotopic (exact) mass is 397 g/mol. The van der Waals surface area contributed by atoms with Crippen molar-refractivity contribution in [1.82, 2.24) is 14.9 Å². The highest BCUT2D eigenvalue weighted by Gasteiger charge is 2.23. The molecule has 28 heavy (non-hydrogen) atoms. The van der Waals surface area contributed by atoms with Crippen LogP contribution in [-0.2, 0) is 11.2 Å². The van der Waals surface area contributed by atoms with Crippen molar-refractivity contribution in [3.8, 4) is 0 Å². The molecular formula is C21H27N5OS. The first-order valence-corrected chi connectivity index (χ1v) is 11.1. The molecule has 2 aliphatic rings. The fourth-order valence-corrected chi connectivity index (χ4v) is 4.56. The topological polar surface area (TPSA) is 52.6 Å². The number of hydrogen-bond acceptors (Lipinski definition) is 6. The Morgan fingerprint density at radius 2 is 1.54 bits per heavy atom. The van der Waals surface area contributed by atoms with Crippen molar-refractivity contribution < 1.29 is 4.79 Å². The minimum Gasteiger partial charge on any atom is -0.355 e. The Bertz CT molecular complexity index is 799. The van der Waals surface area contributed by atoms with Gasteiger partial charge in [0.1, 0.15) is 18.0 Å². The molecule has 2 aliphatic heterocycles. The number of amides is 1. The van der Waals surface area contributed by atoms with Crippen molar-refractivity contribution in [2.75, 3.05) is 60.6 Å². The fraction of sp³-hybridized carbons (Fsp3) is 0.476. The lowest BCUT2D eigenvalue weighted by atomic mass is 10.1. The number of rotatable bonds is 4. The normalized spacial score (nSPS) is 17.7. The van der Waals surface area contributed by atoms with E-state index in [9.17, 15) is 4.79 Å². The predicted octanol–water partition coefficient (Wildman–Crippen LogP) is 2.23. The molecule has 1 amide bonds. The van der Waals surface area contributed by atoms with Gasteiger partial charge in [0, 0.05) is 56.8 Å². The highest BCUT2D eigenvalue weighted by molar-refractivity contribution is 7.99. The van der Waals surface area contributed by atoms with Gasteiger partial charge in [-0.05, 0) is 12.5 Å². The van der Waals surface area contributed by atoms with Gasteiger partial charge in [-0.25, -0.2) is 9.97 Å². The summed E-state index contributed by atoms with van der Waals surface area (Å²) in [6.07, 6.45) is 2.15. The molecular weight excluding hydrogens is 370 g/mol. The highest BCUT2D eigenvalue weighted by Crippen LogP contribution is 2.22. The first kappa shape index (κ1) is 19.1. The van der Waals surface area contributed by atoms with Crippen molar-refractivity contribution in [1.29, 1.82) is 0 Å². The first-order chi connectivity index (χ1) is 13.7. The van der Waals surface area contributed by atoms with Gasteiger partial charge in [0.15, 0.2) is 0 Å². The average Bonchev–Trinajstić information content (AvgIpc) is 2.76.